The van der Waals surface area contributed by atoms with E-state index >= 15 is 0 Å². The molecule has 3 atom stereocenters. The van der Waals surface area contributed by atoms with Crippen LogP contribution in [0.5, 0.6) is 0 Å². The van der Waals surface area contributed by atoms with Gasteiger partial charge in [0.25, 0.3) is 5.91 Å². The van der Waals surface area contributed by atoms with E-state index in [1.807, 2.05) is 48.1 Å². The van der Waals surface area contributed by atoms with E-state index in [0.717, 1.165) is 6.42 Å². The Balaban J connectivity index is 0. The smallest absolute Gasteiger partial charge is 0.382 e. The summed E-state index contributed by atoms with van der Waals surface area (Å²) in [6.07, 6.45) is -6.35. The van der Waals surface area contributed by atoms with Gasteiger partial charge in [0.1, 0.15) is 0 Å². The maximum Gasteiger partial charge on any atom is 0.416 e. The lowest BCUT2D eigenvalue weighted by molar-refractivity contribution is -0.615. The van der Waals surface area contributed by atoms with E-state index in [4.69, 9.17) is 10.8 Å². The second kappa shape index (κ2) is 20.9. The Morgan fingerprint density at radius 2 is 1.68 bits per heavy atom. The molecule has 0 aromatic heterocycles. The van der Waals surface area contributed by atoms with Crippen molar-refractivity contribution in [1.82, 2.24) is 16.0 Å². The first kappa shape index (κ1) is 36.0. The van der Waals surface area contributed by atoms with Gasteiger partial charge in [-0.1, -0.05) is 50.6 Å². The minimum Gasteiger partial charge on any atom is -0.382 e. The standard InChI is InChI=1S/C12H18N2O.C9H14F3N3O4.C3H8/c1-10(14-12(15)9-13-2)8-11-6-4-3-5-7-11;10-9(11,12)8(19)5(1-2-6(13)17)15-7(18)3-14-4-16;1-3-2/h3-7,10,13H,8-9H2,1-2H3,(H,14,15);4-5,8,19H,1-3H2,(H2,13,17)(H,14,16)(H,15,18);3H2,1-2H3/p+1. The molecular weight excluding hydrogens is 495 g/mol. The molecule has 0 spiro atoms. The van der Waals surface area contributed by atoms with Crippen molar-refractivity contribution in [2.45, 2.75) is 70.8 Å². The Labute approximate surface area is 215 Å². The van der Waals surface area contributed by atoms with Gasteiger partial charge in [0, 0.05) is 12.5 Å². The number of quaternary nitrogens is 1. The summed E-state index contributed by atoms with van der Waals surface area (Å²) in [7, 11) is 1.89. The summed E-state index contributed by atoms with van der Waals surface area (Å²) in [6, 6.07) is 8.67. The van der Waals surface area contributed by atoms with Gasteiger partial charge in [-0.25, -0.2) is 0 Å². The molecule has 1 aromatic carbocycles. The predicted molar refractivity (Wildman–Crippen MR) is 133 cm³/mol. The number of aliphatic hydroxyl groups excluding tert-OH is 1. The molecule has 0 fully saturated rings. The fourth-order valence-electron chi connectivity index (χ4n) is 2.76. The fraction of sp³-hybridized carbons (Fsp3) is 0.583. The number of hydrogen-bond donors (Lipinski definition) is 6. The van der Waals surface area contributed by atoms with Crippen LogP contribution in [0.25, 0.3) is 0 Å². The van der Waals surface area contributed by atoms with Gasteiger partial charge in [-0.2, -0.15) is 13.2 Å². The van der Waals surface area contributed by atoms with Crippen LogP contribution in [0.4, 0.5) is 13.2 Å². The summed E-state index contributed by atoms with van der Waals surface area (Å²) in [5, 5.41) is 17.7. The number of hydrogen-bond acceptors (Lipinski definition) is 5. The van der Waals surface area contributed by atoms with Crippen molar-refractivity contribution < 1.29 is 42.8 Å². The summed E-state index contributed by atoms with van der Waals surface area (Å²) < 4.78 is 37.0. The molecule has 37 heavy (non-hydrogen) atoms. The van der Waals surface area contributed by atoms with E-state index in [9.17, 15) is 32.3 Å². The minimum atomic E-state index is -4.95. The van der Waals surface area contributed by atoms with Crippen molar-refractivity contribution in [2.24, 2.45) is 5.73 Å². The van der Waals surface area contributed by atoms with E-state index in [1.165, 1.54) is 12.0 Å². The summed E-state index contributed by atoms with van der Waals surface area (Å²) in [5.74, 6) is -1.69. The monoisotopic (exact) mass is 536 g/mol. The lowest BCUT2D eigenvalue weighted by Crippen LogP contribution is -2.82. The molecule has 0 saturated carbocycles. The van der Waals surface area contributed by atoms with Crippen LogP contribution in [-0.2, 0) is 25.6 Å². The van der Waals surface area contributed by atoms with Crippen LogP contribution in [-0.4, -0.2) is 73.7 Å². The number of aliphatic hydroxyl groups is 1. The highest BCUT2D eigenvalue weighted by Crippen LogP contribution is 2.24. The Morgan fingerprint density at radius 3 is 2.14 bits per heavy atom. The number of nitrogens with two attached hydrogens (primary N) is 2. The SMILES string of the molecule is CCC.C[NH2+]CC(=O)NC(C)Cc1ccccc1.NC(=O)CCC(NC(=O)CNC=O)C(O)C(F)(F)F. The predicted octanol–water partition coefficient (Wildman–Crippen LogP) is -0.251. The van der Waals surface area contributed by atoms with Crippen LogP contribution in [0.15, 0.2) is 30.3 Å². The van der Waals surface area contributed by atoms with E-state index in [1.54, 1.807) is 0 Å². The highest BCUT2D eigenvalue weighted by molar-refractivity contribution is 5.80. The molecule has 0 aliphatic carbocycles. The number of primary amides is 1. The van der Waals surface area contributed by atoms with Crippen molar-refractivity contribution >= 4 is 24.1 Å². The van der Waals surface area contributed by atoms with Crippen LogP contribution < -0.4 is 27.0 Å². The van der Waals surface area contributed by atoms with Crippen LogP contribution in [0.2, 0.25) is 0 Å². The molecule has 1 aromatic rings. The Morgan fingerprint density at radius 1 is 1.11 bits per heavy atom. The number of carbonyl (C=O) groups excluding carboxylic acids is 4. The van der Waals surface area contributed by atoms with Crippen molar-refractivity contribution in [1.29, 1.82) is 0 Å². The molecular formula is C24H41F3N5O5+. The Kier molecular flexibility index (Phi) is 20.4. The molecule has 0 aliphatic heterocycles. The molecule has 10 nitrogen and oxygen atoms in total. The van der Waals surface area contributed by atoms with E-state index in [0.29, 0.717) is 6.54 Å². The third-order valence-corrected chi connectivity index (χ3v) is 4.29. The first-order chi connectivity index (χ1) is 17.3. The highest BCUT2D eigenvalue weighted by atomic mass is 19.4. The first-order valence-electron chi connectivity index (χ1n) is 11.9. The van der Waals surface area contributed by atoms with Crippen molar-refractivity contribution in [3.05, 3.63) is 35.9 Å². The van der Waals surface area contributed by atoms with Crippen molar-refractivity contribution in [2.75, 3.05) is 20.1 Å². The lowest BCUT2D eigenvalue weighted by Gasteiger charge is -2.25. The number of carbonyl (C=O) groups is 4. The maximum absolute atomic E-state index is 12.3. The number of benzene rings is 1. The summed E-state index contributed by atoms with van der Waals surface area (Å²) in [5.41, 5.74) is 6.04. The maximum atomic E-state index is 12.3. The zero-order chi connectivity index (χ0) is 28.9. The molecule has 0 saturated heterocycles. The van der Waals surface area contributed by atoms with Crippen LogP contribution >= 0.6 is 0 Å². The molecule has 13 heteroatoms. The molecule has 1 rings (SSSR count). The average molecular weight is 537 g/mol. The number of nitrogens with one attached hydrogen (secondary N) is 3. The number of rotatable bonds is 13. The molecule has 0 radical (unpaired) electrons. The molecule has 8 N–H and O–H groups in total. The van der Waals surface area contributed by atoms with Gasteiger partial charge in [-0.3, -0.25) is 19.2 Å². The largest absolute Gasteiger partial charge is 0.416 e. The van der Waals surface area contributed by atoms with Gasteiger partial charge in [0.05, 0.1) is 19.6 Å². The highest BCUT2D eigenvalue weighted by Gasteiger charge is 2.44. The molecule has 0 bridgehead atoms. The van der Waals surface area contributed by atoms with Gasteiger partial charge in [-0.05, 0) is 25.3 Å². The quantitative estimate of drug-likeness (QED) is 0.191. The third-order valence-electron chi connectivity index (χ3n) is 4.29. The van der Waals surface area contributed by atoms with Crippen molar-refractivity contribution in [3.8, 4) is 0 Å². The lowest BCUT2D eigenvalue weighted by atomic mass is 10.0. The minimum absolute atomic E-state index is 0.0981. The normalized spacial score (nSPS) is 12.8. The molecule has 3 unspecified atom stereocenters. The Bertz CT molecular complexity index is 782. The molecule has 0 aliphatic rings. The van der Waals surface area contributed by atoms with Crippen LogP contribution in [0.1, 0.15) is 45.6 Å². The van der Waals surface area contributed by atoms with Gasteiger partial charge in [-0.15, -0.1) is 0 Å². The van der Waals surface area contributed by atoms with Crippen LogP contribution in [0.3, 0.4) is 0 Å². The fourth-order valence-corrected chi connectivity index (χ4v) is 2.76. The first-order valence-corrected chi connectivity index (χ1v) is 11.9. The average Bonchev–Trinajstić information content (AvgIpc) is 2.81. The third kappa shape index (κ3) is 20.7. The summed E-state index contributed by atoms with van der Waals surface area (Å²) >= 11 is 0. The zero-order valence-electron chi connectivity index (χ0n) is 21.8. The van der Waals surface area contributed by atoms with E-state index < -0.39 is 49.5 Å². The van der Waals surface area contributed by atoms with Crippen molar-refractivity contribution in [3.63, 3.8) is 0 Å². The number of alkyl halides is 3. The molecule has 4 amide bonds. The van der Waals surface area contributed by atoms with Gasteiger partial charge in [0.2, 0.25) is 18.2 Å². The van der Waals surface area contributed by atoms with Gasteiger partial charge >= 0.3 is 6.18 Å². The number of halogens is 3. The second-order valence-electron chi connectivity index (χ2n) is 8.14. The molecule has 212 valence electrons. The summed E-state index contributed by atoms with van der Waals surface area (Å²) in [6.45, 7) is 6.24. The topological polar surface area (TPSA) is 167 Å². The van der Waals surface area contributed by atoms with Crippen LogP contribution in [0, 0.1) is 0 Å². The number of amides is 4. The Hall–Kier alpha value is -3.19. The van der Waals surface area contributed by atoms with Gasteiger partial charge in [0.15, 0.2) is 12.6 Å². The number of likely N-dealkylation sites (N-methyl/N-ethyl adjacent to an activating group) is 1. The molecule has 0 heterocycles. The second-order valence-corrected chi connectivity index (χ2v) is 8.14. The van der Waals surface area contributed by atoms with E-state index in [-0.39, 0.29) is 18.4 Å². The zero-order valence-corrected chi connectivity index (χ0v) is 21.8. The van der Waals surface area contributed by atoms with Gasteiger partial charge < -0.3 is 32.1 Å². The van der Waals surface area contributed by atoms with E-state index in [2.05, 4.69) is 31.3 Å². The summed E-state index contributed by atoms with van der Waals surface area (Å²) in [4.78, 5) is 42.9.